The summed E-state index contributed by atoms with van der Waals surface area (Å²) in [6.45, 7) is 0. The Balaban J connectivity index is 1.85. The van der Waals surface area contributed by atoms with Crippen LogP contribution in [-0.2, 0) is 5.54 Å². The van der Waals surface area contributed by atoms with E-state index >= 15 is 0 Å². The fraction of sp³-hybridized carbons (Fsp3) is 0.214. The number of hydrogen-bond acceptors (Lipinski definition) is 2. The monoisotopic (exact) mass is 238 g/mol. The second kappa shape index (κ2) is 3.23. The molecule has 4 heteroatoms. The molecule has 4 nitrogen and oxygen atoms in total. The van der Waals surface area contributed by atoms with Gasteiger partial charge in [0.05, 0.1) is 17.4 Å². The molecule has 4 N–H and O–H groups in total. The first kappa shape index (κ1) is 9.91. The van der Waals surface area contributed by atoms with Crippen molar-refractivity contribution in [2.75, 3.05) is 0 Å². The summed E-state index contributed by atoms with van der Waals surface area (Å²) in [4.78, 5) is 11.0. The van der Waals surface area contributed by atoms with Crippen LogP contribution in [0, 0.1) is 0 Å². The minimum absolute atomic E-state index is 0.204. The van der Waals surface area contributed by atoms with E-state index in [2.05, 4.69) is 27.1 Å². The smallest absolute Gasteiger partial charge is 0.126 e. The van der Waals surface area contributed by atoms with Crippen molar-refractivity contribution in [3.05, 3.63) is 42.5 Å². The summed E-state index contributed by atoms with van der Waals surface area (Å²) in [7, 11) is 0. The molecule has 18 heavy (non-hydrogen) atoms. The standard InChI is InChI=1S/C14H14N4/c15-14(5-6-14)13-17-8-12(18-13)10-7-16-11-4-2-1-3-9(10)11/h1-4,7-8,16H,5-6,15H2,(H,17,18). The molecule has 0 aliphatic heterocycles. The first-order valence-corrected chi connectivity index (χ1v) is 6.17. The lowest BCUT2D eigenvalue weighted by Crippen LogP contribution is -2.20. The number of rotatable bonds is 2. The zero-order chi connectivity index (χ0) is 12.2. The molecule has 0 radical (unpaired) electrons. The van der Waals surface area contributed by atoms with E-state index in [1.807, 2.05) is 24.5 Å². The van der Waals surface area contributed by atoms with Crippen LogP contribution in [0.4, 0.5) is 0 Å². The van der Waals surface area contributed by atoms with Crippen LogP contribution in [0.1, 0.15) is 18.7 Å². The molecule has 0 amide bonds. The van der Waals surface area contributed by atoms with E-state index in [0.29, 0.717) is 0 Å². The van der Waals surface area contributed by atoms with Gasteiger partial charge in [-0.05, 0) is 18.9 Å². The maximum atomic E-state index is 6.15. The number of imidazole rings is 1. The number of nitrogens with one attached hydrogen (secondary N) is 2. The van der Waals surface area contributed by atoms with E-state index in [9.17, 15) is 0 Å². The summed E-state index contributed by atoms with van der Waals surface area (Å²) in [5.41, 5.74) is 9.25. The maximum Gasteiger partial charge on any atom is 0.126 e. The Labute approximate surface area is 104 Å². The highest BCUT2D eigenvalue weighted by molar-refractivity contribution is 5.94. The van der Waals surface area contributed by atoms with Crippen LogP contribution < -0.4 is 5.73 Å². The SMILES string of the molecule is NC1(c2ncc(-c3c[nH]c4ccccc34)[nH]2)CC1. The number of aromatic amines is 2. The molecular formula is C14H14N4. The van der Waals surface area contributed by atoms with Gasteiger partial charge in [0, 0.05) is 22.7 Å². The molecule has 1 aliphatic carbocycles. The number of hydrogen-bond donors (Lipinski definition) is 3. The number of fused-ring (bicyclic) bond motifs is 1. The summed E-state index contributed by atoms with van der Waals surface area (Å²) < 4.78 is 0. The summed E-state index contributed by atoms with van der Waals surface area (Å²) in [6, 6.07) is 8.25. The van der Waals surface area contributed by atoms with Gasteiger partial charge >= 0.3 is 0 Å². The summed E-state index contributed by atoms with van der Waals surface area (Å²) in [5, 5.41) is 1.20. The minimum Gasteiger partial charge on any atom is -0.360 e. The third kappa shape index (κ3) is 1.32. The lowest BCUT2D eigenvalue weighted by Gasteiger charge is -2.02. The topological polar surface area (TPSA) is 70.5 Å². The van der Waals surface area contributed by atoms with Gasteiger partial charge in [-0.1, -0.05) is 18.2 Å². The Morgan fingerprint density at radius 3 is 2.89 bits per heavy atom. The van der Waals surface area contributed by atoms with E-state index in [-0.39, 0.29) is 5.54 Å². The lowest BCUT2D eigenvalue weighted by molar-refractivity contribution is 0.685. The van der Waals surface area contributed by atoms with Crippen molar-refractivity contribution in [2.45, 2.75) is 18.4 Å². The van der Waals surface area contributed by atoms with Crippen molar-refractivity contribution < 1.29 is 0 Å². The fourth-order valence-corrected chi connectivity index (χ4v) is 2.38. The number of nitrogens with two attached hydrogens (primary N) is 1. The molecule has 0 unspecified atom stereocenters. The third-order valence-electron chi connectivity index (χ3n) is 3.72. The Morgan fingerprint density at radius 2 is 2.06 bits per heavy atom. The van der Waals surface area contributed by atoms with Crippen molar-refractivity contribution in [2.24, 2.45) is 5.73 Å². The number of nitrogens with zero attached hydrogens (tertiary/aromatic N) is 1. The van der Waals surface area contributed by atoms with Gasteiger partial charge in [0.1, 0.15) is 5.82 Å². The fourth-order valence-electron chi connectivity index (χ4n) is 2.38. The van der Waals surface area contributed by atoms with E-state index in [1.165, 1.54) is 5.39 Å². The normalized spacial score (nSPS) is 17.2. The Kier molecular flexibility index (Phi) is 1.78. The summed E-state index contributed by atoms with van der Waals surface area (Å²) >= 11 is 0. The van der Waals surface area contributed by atoms with Crippen LogP contribution in [-0.4, -0.2) is 15.0 Å². The van der Waals surface area contributed by atoms with Crippen LogP contribution in [0.2, 0.25) is 0 Å². The largest absolute Gasteiger partial charge is 0.360 e. The predicted octanol–water partition coefficient (Wildman–Crippen LogP) is 2.51. The highest BCUT2D eigenvalue weighted by atomic mass is 15.0. The zero-order valence-corrected chi connectivity index (χ0v) is 9.90. The van der Waals surface area contributed by atoms with Crippen LogP contribution in [0.25, 0.3) is 22.2 Å². The second-order valence-electron chi connectivity index (χ2n) is 5.05. The van der Waals surface area contributed by atoms with Crippen molar-refractivity contribution in [3.8, 4) is 11.3 Å². The van der Waals surface area contributed by atoms with Crippen molar-refractivity contribution in [3.63, 3.8) is 0 Å². The van der Waals surface area contributed by atoms with Crippen LogP contribution in [0.3, 0.4) is 0 Å². The molecule has 0 spiro atoms. The van der Waals surface area contributed by atoms with Gasteiger partial charge < -0.3 is 15.7 Å². The molecule has 0 atom stereocenters. The molecule has 4 rings (SSSR count). The van der Waals surface area contributed by atoms with Crippen molar-refractivity contribution in [1.82, 2.24) is 15.0 Å². The molecule has 90 valence electrons. The van der Waals surface area contributed by atoms with Gasteiger partial charge in [-0.15, -0.1) is 0 Å². The Morgan fingerprint density at radius 1 is 1.22 bits per heavy atom. The number of para-hydroxylation sites is 1. The van der Waals surface area contributed by atoms with Gasteiger partial charge in [-0.2, -0.15) is 0 Å². The summed E-state index contributed by atoms with van der Waals surface area (Å²) in [6.07, 6.45) is 5.93. The Bertz CT molecular complexity index is 718. The predicted molar refractivity (Wildman–Crippen MR) is 71.0 cm³/mol. The quantitative estimate of drug-likeness (QED) is 0.642. The molecule has 1 saturated carbocycles. The van der Waals surface area contributed by atoms with Crippen LogP contribution in [0.5, 0.6) is 0 Å². The van der Waals surface area contributed by atoms with E-state index in [4.69, 9.17) is 5.73 Å². The second-order valence-corrected chi connectivity index (χ2v) is 5.05. The molecule has 0 bridgehead atoms. The van der Waals surface area contributed by atoms with Gasteiger partial charge in [0.2, 0.25) is 0 Å². The molecule has 3 aromatic rings. The zero-order valence-electron chi connectivity index (χ0n) is 9.90. The molecule has 0 saturated heterocycles. The average molecular weight is 238 g/mol. The van der Waals surface area contributed by atoms with E-state index in [1.54, 1.807) is 0 Å². The Hall–Kier alpha value is -2.07. The minimum atomic E-state index is -0.204. The number of H-pyrrole nitrogens is 2. The maximum absolute atomic E-state index is 6.15. The van der Waals surface area contributed by atoms with Crippen molar-refractivity contribution in [1.29, 1.82) is 0 Å². The summed E-state index contributed by atoms with van der Waals surface area (Å²) in [5.74, 6) is 0.905. The molecule has 1 aromatic carbocycles. The van der Waals surface area contributed by atoms with Gasteiger partial charge in [0.25, 0.3) is 0 Å². The highest BCUT2D eigenvalue weighted by Gasteiger charge is 2.42. The van der Waals surface area contributed by atoms with Gasteiger partial charge in [-0.25, -0.2) is 4.98 Å². The average Bonchev–Trinajstić information content (AvgIpc) is 2.86. The molecule has 2 heterocycles. The molecule has 1 fully saturated rings. The van der Waals surface area contributed by atoms with Crippen molar-refractivity contribution >= 4 is 10.9 Å². The number of aromatic nitrogens is 3. The van der Waals surface area contributed by atoms with Gasteiger partial charge in [-0.3, -0.25) is 0 Å². The third-order valence-corrected chi connectivity index (χ3v) is 3.72. The van der Waals surface area contributed by atoms with E-state index < -0.39 is 0 Å². The first-order chi connectivity index (χ1) is 8.76. The van der Waals surface area contributed by atoms with Crippen LogP contribution in [0.15, 0.2) is 36.7 Å². The van der Waals surface area contributed by atoms with E-state index in [0.717, 1.165) is 35.4 Å². The molecule has 1 aliphatic rings. The lowest BCUT2D eigenvalue weighted by atomic mass is 10.1. The number of benzene rings is 1. The molecular weight excluding hydrogens is 224 g/mol. The highest BCUT2D eigenvalue weighted by Crippen LogP contribution is 2.41. The van der Waals surface area contributed by atoms with Gasteiger partial charge in [0.15, 0.2) is 0 Å². The van der Waals surface area contributed by atoms with Crippen LogP contribution >= 0.6 is 0 Å². The molecule has 2 aromatic heterocycles. The first-order valence-electron chi connectivity index (χ1n) is 6.17.